The number of nitrogens with one attached hydrogen (secondary N) is 1. The van der Waals surface area contributed by atoms with Crippen molar-refractivity contribution in [3.63, 3.8) is 0 Å². The lowest BCUT2D eigenvalue weighted by Gasteiger charge is -2.29. The van der Waals surface area contributed by atoms with Crippen LogP contribution in [0.25, 0.3) is 0 Å². The molecule has 1 N–H and O–H groups in total. The monoisotopic (exact) mass is 227 g/mol. The molecule has 0 atom stereocenters. The number of hydrogen-bond acceptors (Lipinski definition) is 3. The van der Waals surface area contributed by atoms with Crippen molar-refractivity contribution in [3.05, 3.63) is 0 Å². The average molecular weight is 227 g/mol. The molecule has 1 aliphatic heterocycles. The third-order valence-corrected chi connectivity index (χ3v) is 2.91. The Morgan fingerprint density at radius 1 is 1.19 bits per heavy atom. The standard InChI is InChI=1S/C12H25N3O/c1-3-7-15(8-4-2)12(16)11-14-9-5-13-6-10-14/h13H,3-11H2,1-2H3. The quantitative estimate of drug-likeness (QED) is 0.719. The second-order valence-corrected chi connectivity index (χ2v) is 4.41. The van der Waals surface area contributed by atoms with E-state index in [2.05, 4.69) is 24.1 Å². The predicted octanol–water partition coefficient (Wildman–Crippen LogP) is 0.540. The largest absolute Gasteiger partial charge is 0.342 e. The molecule has 0 aromatic heterocycles. The first-order chi connectivity index (χ1) is 7.77. The Balaban J connectivity index is 2.34. The zero-order chi connectivity index (χ0) is 11.8. The minimum Gasteiger partial charge on any atom is -0.342 e. The van der Waals surface area contributed by atoms with Crippen LogP contribution in [0.4, 0.5) is 0 Å². The highest BCUT2D eigenvalue weighted by atomic mass is 16.2. The first-order valence-corrected chi connectivity index (χ1v) is 6.48. The maximum absolute atomic E-state index is 12.1. The maximum Gasteiger partial charge on any atom is 0.236 e. The Labute approximate surface area is 99.0 Å². The van der Waals surface area contributed by atoms with Crippen LogP contribution < -0.4 is 5.32 Å². The van der Waals surface area contributed by atoms with Crippen LogP contribution in [0.2, 0.25) is 0 Å². The lowest BCUT2D eigenvalue weighted by Crippen LogP contribution is -2.48. The van der Waals surface area contributed by atoms with E-state index >= 15 is 0 Å². The summed E-state index contributed by atoms with van der Waals surface area (Å²) in [5.74, 6) is 0.297. The third-order valence-electron chi connectivity index (χ3n) is 2.91. The van der Waals surface area contributed by atoms with Crippen molar-refractivity contribution in [2.24, 2.45) is 0 Å². The van der Waals surface area contributed by atoms with Crippen molar-refractivity contribution in [2.45, 2.75) is 26.7 Å². The van der Waals surface area contributed by atoms with Crippen LogP contribution >= 0.6 is 0 Å². The molecule has 1 fully saturated rings. The van der Waals surface area contributed by atoms with Gasteiger partial charge >= 0.3 is 0 Å². The molecule has 0 aromatic carbocycles. The van der Waals surface area contributed by atoms with Crippen LogP contribution in [-0.4, -0.2) is 61.5 Å². The van der Waals surface area contributed by atoms with Crippen LogP contribution in [0.5, 0.6) is 0 Å². The summed E-state index contributed by atoms with van der Waals surface area (Å²) in [5.41, 5.74) is 0. The molecule has 1 amide bonds. The van der Waals surface area contributed by atoms with Gasteiger partial charge in [-0.3, -0.25) is 9.69 Å². The highest BCUT2D eigenvalue weighted by Gasteiger charge is 2.17. The second-order valence-electron chi connectivity index (χ2n) is 4.41. The molecule has 94 valence electrons. The van der Waals surface area contributed by atoms with Gasteiger partial charge < -0.3 is 10.2 Å². The van der Waals surface area contributed by atoms with Gasteiger partial charge in [0.2, 0.25) is 5.91 Å². The summed E-state index contributed by atoms with van der Waals surface area (Å²) in [6.07, 6.45) is 2.10. The molecule has 0 bridgehead atoms. The summed E-state index contributed by atoms with van der Waals surface area (Å²) in [4.78, 5) is 16.3. The van der Waals surface area contributed by atoms with E-state index in [1.54, 1.807) is 0 Å². The normalized spacial score (nSPS) is 17.4. The Bertz CT molecular complexity index is 196. The molecule has 0 unspecified atom stereocenters. The van der Waals surface area contributed by atoms with Crippen molar-refractivity contribution in [2.75, 3.05) is 45.8 Å². The third kappa shape index (κ3) is 4.49. The molecular formula is C12H25N3O. The first-order valence-electron chi connectivity index (χ1n) is 6.48. The highest BCUT2D eigenvalue weighted by Crippen LogP contribution is 1.99. The van der Waals surface area contributed by atoms with E-state index < -0.39 is 0 Å². The molecule has 0 radical (unpaired) electrons. The van der Waals surface area contributed by atoms with E-state index in [4.69, 9.17) is 0 Å². The fourth-order valence-corrected chi connectivity index (χ4v) is 2.06. The summed E-state index contributed by atoms with van der Waals surface area (Å²) >= 11 is 0. The molecule has 1 aliphatic rings. The number of amides is 1. The van der Waals surface area contributed by atoms with Gasteiger partial charge in [0, 0.05) is 39.3 Å². The van der Waals surface area contributed by atoms with Crippen molar-refractivity contribution < 1.29 is 4.79 Å². The number of hydrogen-bond donors (Lipinski definition) is 1. The van der Waals surface area contributed by atoms with E-state index in [9.17, 15) is 4.79 Å². The van der Waals surface area contributed by atoms with Gasteiger partial charge in [-0.25, -0.2) is 0 Å². The minimum atomic E-state index is 0.297. The summed E-state index contributed by atoms with van der Waals surface area (Å²) in [6.45, 7) is 10.7. The number of rotatable bonds is 6. The summed E-state index contributed by atoms with van der Waals surface area (Å²) in [6, 6.07) is 0. The molecule has 1 saturated heterocycles. The zero-order valence-electron chi connectivity index (χ0n) is 10.7. The minimum absolute atomic E-state index is 0.297. The van der Waals surface area contributed by atoms with E-state index in [1.165, 1.54) is 0 Å². The van der Waals surface area contributed by atoms with Crippen LogP contribution in [0.15, 0.2) is 0 Å². The Hall–Kier alpha value is -0.610. The van der Waals surface area contributed by atoms with Gasteiger partial charge in [0.1, 0.15) is 0 Å². The SMILES string of the molecule is CCCN(CCC)C(=O)CN1CCNCC1. The smallest absolute Gasteiger partial charge is 0.236 e. The first kappa shape index (κ1) is 13.5. The van der Waals surface area contributed by atoms with Gasteiger partial charge in [-0.1, -0.05) is 13.8 Å². The molecule has 0 aliphatic carbocycles. The molecule has 1 rings (SSSR count). The Kier molecular flexibility index (Phi) is 6.42. The molecule has 0 spiro atoms. The molecule has 0 aromatic rings. The van der Waals surface area contributed by atoms with E-state index in [0.717, 1.165) is 52.1 Å². The summed E-state index contributed by atoms with van der Waals surface area (Å²) in [7, 11) is 0. The fraction of sp³-hybridized carbons (Fsp3) is 0.917. The van der Waals surface area contributed by atoms with Crippen LogP contribution in [0.1, 0.15) is 26.7 Å². The Morgan fingerprint density at radius 3 is 2.25 bits per heavy atom. The number of nitrogens with zero attached hydrogens (tertiary/aromatic N) is 2. The zero-order valence-corrected chi connectivity index (χ0v) is 10.7. The van der Waals surface area contributed by atoms with Crippen LogP contribution in [-0.2, 0) is 4.79 Å². The molecule has 4 heteroatoms. The molecular weight excluding hydrogens is 202 g/mol. The average Bonchev–Trinajstić information content (AvgIpc) is 2.30. The second kappa shape index (κ2) is 7.63. The van der Waals surface area contributed by atoms with Crippen LogP contribution in [0, 0.1) is 0 Å². The highest BCUT2D eigenvalue weighted by molar-refractivity contribution is 5.78. The van der Waals surface area contributed by atoms with E-state index in [1.807, 2.05) is 4.90 Å². The lowest BCUT2D eigenvalue weighted by molar-refractivity contribution is -0.132. The van der Waals surface area contributed by atoms with Crippen molar-refractivity contribution >= 4 is 5.91 Å². The Morgan fingerprint density at radius 2 is 1.75 bits per heavy atom. The van der Waals surface area contributed by atoms with Gasteiger partial charge in [0.05, 0.1) is 6.54 Å². The molecule has 4 nitrogen and oxygen atoms in total. The maximum atomic E-state index is 12.1. The van der Waals surface area contributed by atoms with E-state index in [-0.39, 0.29) is 0 Å². The van der Waals surface area contributed by atoms with Gasteiger partial charge in [-0.05, 0) is 12.8 Å². The van der Waals surface area contributed by atoms with Crippen molar-refractivity contribution in [3.8, 4) is 0 Å². The lowest BCUT2D eigenvalue weighted by atomic mass is 10.3. The van der Waals surface area contributed by atoms with Gasteiger partial charge in [-0.15, -0.1) is 0 Å². The van der Waals surface area contributed by atoms with Crippen molar-refractivity contribution in [1.82, 2.24) is 15.1 Å². The number of carbonyl (C=O) groups is 1. The summed E-state index contributed by atoms with van der Waals surface area (Å²) < 4.78 is 0. The van der Waals surface area contributed by atoms with Gasteiger partial charge in [0.25, 0.3) is 0 Å². The van der Waals surface area contributed by atoms with Crippen molar-refractivity contribution in [1.29, 1.82) is 0 Å². The molecule has 1 heterocycles. The number of carbonyl (C=O) groups excluding carboxylic acids is 1. The topological polar surface area (TPSA) is 35.6 Å². The predicted molar refractivity (Wildman–Crippen MR) is 66.5 cm³/mol. The molecule has 0 saturated carbocycles. The van der Waals surface area contributed by atoms with E-state index in [0.29, 0.717) is 12.5 Å². The summed E-state index contributed by atoms with van der Waals surface area (Å²) in [5, 5.41) is 3.30. The van der Waals surface area contributed by atoms with Gasteiger partial charge in [0.15, 0.2) is 0 Å². The van der Waals surface area contributed by atoms with Crippen LogP contribution in [0.3, 0.4) is 0 Å². The number of piperazine rings is 1. The fourth-order valence-electron chi connectivity index (χ4n) is 2.06. The molecule has 16 heavy (non-hydrogen) atoms. The van der Waals surface area contributed by atoms with Gasteiger partial charge in [-0.2, -0.15) is 0 Å².